The Labute approximate surface area is 209 Å². The van der Waals surface area contributed by atoms with Crippen molar-refractivity contribution in [2.24, 2.45) is 0 Å². The summed E-state index contributed by atoms with van der Waals surface area (Å²) in [7, 11) is -2.57. The lowest BCUT2D eigenvalue weighted by Gasteiger charge is -2.30. The summed E-state index contributed by atoms with van der Waals surface area (Å²) in [5, 5.41) is 3.26. The predicted molar refractivity (Wildman–Crippen MR) is 133 cm³/mol. The topological polar surface area (TPSA) is 86.8 Å². The Bertz CT molecular complexity index is 1060. The van der Waals surface area contributed by atoms with E-state index in [0.29, 0.717) is 11.6 Å². The number of nitrogens with zero attached hydrogens (tertiary/aromatic N) is 2. The third-order valence-electron chi connectivity index (χ3n) is 5.12. The molecule has 33 heavy (non-hydrogen) atoms. The summed E-state index contributed by atoms with van der Waals surface area (Å²) in [5.41, 5.74) is 0.814. The van der Waals surface area contributed by atoms with Crippen LogP contribution in [0.2, 0.25) is 5.02 Å². The Balaban J connectivity index is 2.24. The third kappa shape index (κ3) is 7.81. The summed E-state index contributed by atoms with van der Waals surface area (Å²) in [5.74, 6) is -0.761. The first-order valence-corrected chi connectivity index (χ1v) is 13.2. The van der Waals surface area contributed by atoms with E-state index in [9.17, 15) is 18.0 Å². The van der Waals surface area contributed by atoms with Crippen LogP contribution in [-0.4, -0.2) is 55.6 Å². The molecular weight excluding hydrogens is 530 g/mol. The van der Waals surface area contributed by atoms with Crippen LogP contribution in [0.1, 0.15) is 32.3 Å². The van der Waals surface area contributed by atoms with Gasteiger partial charge >= 0.3 is 0 Å². The first kappa shape index (κ1) is 27.3. The van der Waals surface area contributed by atoms with Crippen LogP contribution >= 0.6 is 27.5 Å². The minimum absolute atomic E-state index is 0.0334. The van der Waals surface area contributed by atoms with Gasteiger partial charge in [-0.25, -0.2) is 8.42 Å². The molecule has 2 amide bonds. The fraction of sp³-hybridized carbons (Fsp3) is 0.391. The molecule has 10 heteroatoms. The summed E-state index contributed by atoms with van der Waals surface area (Å²) in [6.07, 6.45) is 1.77. The van der Waals surface area contributed by atoms with Gasteiger partial charge in [-0.1, -0.05) is 53.0 Å². The van der Waals surface area contributed by atoms with Crippen LogP contribution in [0.4, 0.5) is 0 Å². The Morgan fingerprint density at radius 2 is 1.82 bits per heavy atom. The van der Waals surface area contributed by atoms with E-state index in [4.69, 9.17) is 11.6 Å². The molecule has 0 saturated heterocycles. The molecule has 0 spiro atoms. The van der Waals surface area contributed by atoms with E-state index in [-0.39, 0.29) is 17.3 Å². The molecule has 0 radical (unpaired) electrons. The molecule has 0 aliphatic rings. The van der Waals surface area contributed by atoms with E-state index in [1.807, 2.05) is 31.2 Å². The second-order valence-corrected chi connectivity index (χ2v) is 11.1. The van der Waals surface area contributed by atoms with Crippen molar-refractivity contribution >= 4 is 49.4 Å². The quantitative estimate of drug-likeness (QED) is 0.422. The Morgan fingerprint density at radius 1 is 1.15 bits per heavy atom. The molecule has 0 saturated carbocycles. The van der Waals surface area contributed by atoms with Gasteiger partial charge in [0.15, 0.2) is 0 Å². The Morgan fingerprint density at radius 3 is 2.42 bits per heavy atom. The van der Waals surface area contributed by atoms with E-state index < -0.39 is 28.5 Å². The van der Waals surface area contributed by atoms with E-state index in [2.05, 4.69) is 21.2 Å². The average molecular weight is 559 g/mol. The number of hydrogen-bond donors (Lipinski definition) is 1. The van der Waals surface area contributed by atoms with E-state index in [0.717, 1.165) is 27.2 Å². The maximum Gasteiger partial charge on any atom is 0.243 e. The number of carbonyl (C=O) groups excluding carboxylic acids is 2. The normalized spacial score (nSPS) is 12.4. The van der Waals surface area contributed by atoms with E-state index >= 15 is 0 Å². The molecule has 1 unspecified atom stereocenters. The number of nitrogens with one attached hydrogen (secondary N) is 1. The fourth-order valence-electron chi connectivity index (χ4n) is 3.10. The number of rotatable bonds is 11. The predicted octanol–water partition coefficient (Wildman–Crippen LogP) is 4.06. The zero-order chi connectivity index (χ0) is 24.6. The monoisotopic (exact) mass is 557 g/mol. The SMILES string of the molecule is CCCCNC(=O)C(C)N(Cc1cccc(Br)c1)C(=O)CN(C)S(=O)(=O)c1ccc(Cl)cc1. The number of sulfonamides is 1. The van der Waals surface area contributed by atoms with Crippen molar-refractivity contribution < 1.29 is 18.0 Å². The summed E-state index contributed by atoms with van der Waals surface area (Å²) < 4.78 is 27.6. The largest absolute Gasteiger partial charge is 0.354 e. The molecule has 2 aromatic carbocycles. The van der Waals surface area contributed by atoms with Gasteiger partial charge in [0, 0.05) is 29.6 Å². The smallest absolute Gasteiger partial charge is 0.243 e. The van der Waals surface area contributed by atoms with Crippen molar-refractivity contribution in [2.45, 2.75) is 44.2 Å². The highest BCUT2D eigenvalue weighted by molar-refractivity contribution is 9.10. The van der Waals surface area contributed by atoms with Gasteiger partial charge in [-0.05, 0) is 55.3 Å². The number of unbranched alkanes of at least 4 members (excludes halogenated alkanes) is 1. The van der Waals surface area contributed by atoms with Crippen molar-refractivity contribution in [1.82, 2.24) is 14.5 Å². The summed E-state index contributed by atoms with van der Waals surface area (Å²) in [6, 6.07) is 12.4. The van der Waals surface area contributed by atoms with E-state index in [1.165, 1.54) is 36.2 Å². The van der Waals surface area contributed by atoms with Crippen LogP contribution in [0, 0.1) is 0 Å². The van der Waals surface area contributed by atoms with Gasteiger partial charge in [0.1, 0.15) is 6.04 Å². The lowest BCUT2D eigenvalue weighted by Crippen LogP contribution is -2.50. The highest BCUT2D eigenvalue weighted by atomic mass is 79.9. The van der Waals surface area contributed by atoms with Crippen LogP contribution in [0.5, 0.6) is 0 Å². The molecule has 0 aromatic heterocycles. The second kappa shape index (κ2) is 12.5. The van der Waals surface area contributed by atoms with Gasteiger partial charge in [-0.3, -0.25) is 9.59 Å². The van der Waals surface area contributed by atoms with Crippen molar-refractivity contribution in [3.63, 3.8) is 0 Å². The molecule has 180 valence electrons. The fourth-order valence-corrected chi connectivity index (χ4v) is 4.80. The maximum atomic E-state index is 13.3. The molecule has 0 bridgehead atoms. The molecular formula is C23H29BrClN3O4S. The first-order chi connectivity index (χ1) is 15.6. The molecule has 1 atom stereocenters. The minimum Gasteiger partial charge on any atom is -0.354 e. The number of amides is 2. The number of benzene rings is 2. The lowest BCUT2D eigenvalue weighted by molar-refractivity contribution is -0.140. The molecule has 7 nitrogen and oxygen atoms in total. The second-order valence-electron chi connectivity index (χ2n) is 7.69. The lowest BCUT2D eigenvalue weighted by atomic mass is 10.1. The third-order valence-corrected chi connectivity index (χ3v) is 7.68. The molecule has 0 aliphatic heterocycles. The average Bonchev–Trinajstić information content (AvgIpc) is 2.77. The summed E-state index contributed by atoms with van der Waals surface area (Å²) in [6.45, 7) is 3.94. The molecule has 2 rings (SSSR count). The molecule has 0 aliphatic carbocycles. The standard InChI is InChI=1S/C23H29BrClN3O4S/c1-4-5-13-26-23(30)17(2)28(15-18-7-6-8-19(24)14-18)22(29)16-27(3)33(31,32)21-11-9-20(25)10-12-21/h6-12,14,17H,4-5,13,15-16H2,1-3H3,(H,26,30). The van der Waals surface area contributed by atoms with Gasteiger partial charge in [0.05, 0.1) is 11.4 Å². The van der Waals surface area contributed by atoms with Gasteiger partial charge in [0.25, 0.3) is 0 Å². The zero-order valence-electron chi connectivity index (χ0n) is 18.9. The summed E-state index contributed by atoms with van der Waals surface area (Å²) >= 11 is 9.27. The van der Waals surface area contributed by atoms with Gasteiger partial charge in [0.2, 0.25) is 21.8 Å². The van der Waals surface area contributed by atoms with Gasteiger partial charge in [-0.2, -0.15) is 4.31 Å². The molecule has 0 fully saturated rings. The van der Waals surface area contributed by atoms with Crippen LogP contribution < -0.4 is 5.32 Å². The molecule has 0 heterocycles. The number of hydrogen-bond acceptors (Lipinski definition) is 4. The minimum atomic E-state index is -3.91. The van der Waals surface area contributed by atoms with Crippen LogP contribution in [0.25, 0.3) is 0 Å². The number of likely N-dealkylation sites (N-methyl/N-ethyl adjacent to an activating group) is 1. The Kier molecular flexibility index (Phi) is 10.3. The Hall–Kier alpha value is -1.94. The van der Waals surface area contributed by atoms with Crippen LogP contribution in [0.3, 0.4) is 0 Å². The molecule has 1 N–H and O–H groups in total. The first-order valence-electron chi connectivity index (χ1n) is 10.6. The van der Waals surface area contributed by atoms with Crippen LogP contribution in [0.15, 0.2) is 57.9 Å². The summed E-state index contributed by atoms with van der Waals surface area (Å²) in [4.78, 5) is 27.4. The van der Waals surface area contributed by atoms with Crippen molar-refractivity contribution in [3.05, 3.63) is 63.6 Å². The van der Waals surface area contributed by atoms with Crippen molar-refractivity contribution in [3.8, 4) is 0 Å². The van der Waals surface area contributed by atoms with Gasteiger partial charge in [-0.15, -0.1) is 0 Å². The maximum absolute atomic E-state index is 13.3. The van der Waals surface area contributed by atoms with E-state index in [1.54, 1.807) is 6.92 Å². The number of carbonyl (C=O) groups is 2. The highest BCUT2D eigenvalue weighted by Gasteiger charge is 2.30. The highest BCUT2D eigenvalue weighted by Crippen LogP contribution is 2.19. The van der Waals surface area contributed by atoms with Crippen LogP contribution in [-0.2, 0) is 26.2 Å². The molecule has 2 aromatic rings. The number of halogens is 2. The van der Waals surface area contributed by atoms with Crippen molar-refractivity contribution in [2.75, 3.05) is 20.1 Å². The van der Waals surface area contributed by atoms with Gasteiger partial charge < -0.3 is 10.2 Å². The van der Waals surface area contributed by atoms with Crippen molar-refractivity contribution in [1.29, 1.82) is 0 Å². The zero-order valence-corrected chi connectivity index (χ0v) is 22.1.